The van der Waals surface area contributed by atoms with Gasteiger partial charge < -0.3 is 4.90 Å². The fourth-order valence-electron chi connectivity index (χ4n) is 4.14. The van der Waals surface area contributed by atoms with Crippen LogP contribution >= 0.6 is 0 Å². The second-order valence-electron chi connectivity index (χ2n) is 6.60. The summed E-state index contributed by atoms with van der Waals surface area (Å²) in [7, 11) is 0. The van der Waals surface area contributed by atoms with Gasteiger partial charge in [-0.3, -0.25) is 4.79 Å². The molecule has 1 aliphatic carbocycles. The van der Waals surface area contributed by atoms with Crippen LogP contribution in [0.3, 0.4) is 0 Å². The largest absolute Gasteiger partial charge is 0.309 e. The van der Waals surface area contributed by atoms with Crippen molar-refractivity contribution in [1.29, 1.82) is 0 Å². The van der Waals surface area contributed by atoms with Gasteiger partial charge in [-0.2, -0.15) is 5.10 Å². The first-order chi connectivity index (χ1) is 11.1. The maximum atomic E-state index is 14.5. The van der Waals surface area contributed by atoms with Gasteiger partial charge in [0.25, 0.3) is 5.91 Å². The predicted octanol–water partition coefficient (Wildman–Crippen LogP) is 2.84. The topological polar surface area (TPSA) is 51.0 Å². The Hall–Kier alpha value is -2.24. The van der Waals surface area contributed by atoms with E-state index in [1.807, 2.05) is 6.07 Å². The zero-order valence-corrected chi connectivity index (χ0v) is 13.1. The molecule has 120 valence electrons. The highest BCUT2D eigenvalue weighted by Crippen LogP contribution is 2.51. The molecule has 2 heterocycles. The third kappa shape index (κ3) is 2.08. The van der Waals surface area contributed by atoms with Gasteiger partial charge in [-0.25, -0.2) is 14.1 Å². The predicted molar refractivity (Wildman–Crippen MR) is 83.6 cm³/mol. The number of amides is 1. The summed E-state index contributed by atoms with van der Waals surface area (Å²) in [4.78, 5) is 18.6. The first-order valence-electron chi connectivity index (χ1n) is 8.07. The molecular weight excluding hydrogens is 295 g/mol. The molecule has 6 heteroatoms. The summed E-state index contributed by atoms with van der Waals surface area (Å²) in [5.74, 6) is -0.251. The summed E-state index contributed by atoms with van der Waals surface area (Å²) in [5.41, 5.74) is 1.25. The van der Waals surface area contributed by atoms with Crippen LogP contribution < -0.4 is 4.90 Å². The van der Waals surface area contributed by atoms with E-state index in [1.165, 1.54) is 18.7 Å². The van der Waals surface area contributed by atoms with Gasteiger partial charge in [-0.05, 0) is 31.9 Å². The van der Waals surface area contributed by atoms with Gasteiger partial charge in [0.05, 0.1) is 5.69 Å². The second kappa shape index (κ2) is 5.15. The van der Waals surface area contributed by atoms with E-state index in [0.717, 1.165) is 36.9 Å². The molecule has 1 spiro atoms. The lowest BCUT2D eigenvalue weighted by molar-refractivity contribution is -0.121. The first kappa shape index (κ1) is 14.4. The fourth-order valence-corrected chi connectivity index (χ4v) is 4.14. The van der Waals surface area contributed by atoms with Gasteiger partial charge in [-0.15, -0.1) is 0 Å². The molecule has 2 aliphatic rings. The molecule has 1 atom stereocenters. The lowest BCUT2D eigenvalue weighted by atomic mass is 9.80. The van der Waals surface area contributed by atoms with Crippen molar-refractivity contribution in [3.8, 4) is 0 Å². The molecule has 1 fully saturated rings. The molecule has 0 unspecified atom stereocenters. The van der Waals surface area contributed by atoms with Gasteiger partial charge in [0, 0.05) is 17.5 Å². The van der Waals surface area contributed by atoms with Crippen molar-refractivity contribution in [3.63, 3.8) is 0 Å². The van der Waals surface area contributed by atoms with E-state index in [2.05, 4.69) is 10.1 Å². The lowest BCUT2D eigenvalue weighted by Crippen LogP contribution is -2.39. The van der Waals surface area contributed by atoms with E-state index in [4.69, 9.17) is 0 Å². The Labute approximate surface area is 134 Å². The third-order valence-electron chi connectivity index (χ3n) is 5.29. The Bertz CT molecular complexity index is 737. The number of carbonyl (C=O) groups excluding carboxylic acids is 1. The van der Waals surface area contributed by atoms with Crippen LogP contribution in [-0.2, 0) is 10.2 Å². The first-order valence-corrected chi connectivity index (χ1v) is 8.07. The Morgan fingerprint density at radius 3 is 2.83 bits per heavy atom. The molecule has 1 aromatic heterocycles. The smallest absolute Gasteiger partial charge is 0.251 e. The number of halogens is 1. The minimum Gasteiger partial charge on any atom is -0.309 e. The highest BCUT2D eigenvalue weighted by molar-refractivity contribution is 5.98. The zero-order valence-electron chi connectivity index (χ0n) is 13.1. The summed E-state index contributed by atoms with van der Waals surface area (Å²) >= 11 is 0. The Kier molecular flexibility index (Phi) is 3.21. The molecule has 23 heavy (non-hydrogen) atoms. The van der Waals surface area contributed by atoms with E-state index in [1.54, 1.807) is 22.6 Å². The summed E-state index contributed by atoms with van der Waals surface area (Å²) in [6.07, 6.45) is 7.03. The van der Waals surface area contributed by atoms with Gasteiger partial charge in [0.2, 0.25) is 0 Å². The van der Waals surface area contributed by atoms with Crippen LogP contribution in [0.5, 0.6) is 0 Å². The highest BCUT2D eigenvalue weighted by Gasteiger charge is 2.48. The Morgan fingerprint density at radius 1 is 1.35 bits per heavy atom. The van der Waals surface area contributed by atoms with Crippen molar-refractivity contribution in [2.24, 2.45) is 0 Å². The van der Waals surface area contributed by atoms with Gasteiger partial charge in [0.1, 0.15) is 24.5 Å². The van der Waals surface area contributed by atoms with Crippen LogP contribution in [0, 0.1) is 5.82 Å². The number of rotatable bonds is 2. The van der Waals surface area contributed by atoms with E-state index in [0.29, 0.717) is 6.54 Å². The third-order valence-corrected chi connectivity index (χ3v) is 5.29. The molecule has 0 radical (unpaired) electrons. The molecule has 1 aliphatic heterocycles. The van der Waals surface area contributed by atoms with Gasteiger partial charge in [-0.1, -0.05) is 18.9 Å². The van der Waals surface area contributed by atoms with Crippen molar-refractivity contribution < 1.29 is 9.18 Å². The minimum atomic E-state index is -0.454. The Balaban J connectivity index is 1.74. The number of benzene rings is 1. The van der Waals surface area contributed by atoms with E-state index in [9.17, 15) is 9.18 Å². The molecule has 0 N–H and O–H groups in total. The Morgan fingerprint density at radius 2 is 2.13 bits per heavy atom. The molecular formula is C17H19FN4O. The summed E-state index contributed by atoms with van der Waals surface area (Å²) < 4.78 is 16.1. The molecule has 1 aromatic carbocycles. The highest BCUT2D eigenvalue weighted by atomic mass is 19.1. The molecule has 0 saturated heterocycles. The van der Waals surface area contributed by atoms with Crippen molar-refractivity contribution in [1.82, 2.24) is 14.8 Å². The quantitative estimate of drug-likeness (QED) is 0.856. The van der Waals surface area contributed by atoms with E-state index >= 15 is 0 Å². The van der Waals surface area contributed by atoms with Crippen LogP contribution in [0.25, 0.3) is 0 Å². The summed E-state index contributed by atoms with van der Waals surface area (Å²) in [6.45, 7) is 2.37. The van der Waals surface area contributed by atoms with E-state index in [-0.39, 0.29) is 17.1 Å². The summed E-state index contributed by atoms with van der Waals surface area (Å²) in [6, 6.07) is 4.60. The number of nitrogens with zero attached hydrogens (tertiary/aromatic N) is 4. The maximum absolute atomic E-state index is 14.5. The van der Waals surface area contributed by atoms with Crippen LogP contribution in [0.15, 0.2) is 30.9 Å². The molecule has 4 rings (SSSR count). The molecule has 1 amide bonds. The monoisotopic (exact) mass is 314 g/mol. The lowest BCUT2D eigenvalue weighted by Gasteiger charge is -2.26. The molecule has 5 nitrogen and oxygen atoms in total. The number of fused-ring (bicyclic) bond motifs is 2. The fraction of sp³-hybridized carbons (Fsp3) is 0.471. The molecule has 0 bridgehead atoms. The van der Waals surface area contributed by atoms with Crippen molar-refractivity contribution in [2.75, 3.05) is 11.4 Å². The standard InChI is InChI=1S/C17H19FN4O/c1-12(22-11-19-10-20-22)16(23)21-9-17(7-2-3-8-17)15-13(18)5-4-6-14(15)21/h4-6,10-12H,2-3,7-9H2,1H3/t12-/m0/s1. The van der Waals surface area contributed by atoms with Crippen LogP contribution in [-0.4, -0.2) is 27.2 Å². The van der Waals surface area contributed by atoms with Gasteiger partial charge >= 0.3 is 0 Å². The van der Waals surface area contributed by atoms with Crippen LogP contribution in [0.1, 0.15) is 44.2 Å². The van der Waals surface area contributed by atoms with E-state index < -0.39 is 6.04 Å². The number of hydrogen-bond acceptors (Lipinski definition) is 3. The van der Waals surface area contributed by atoms with Gasteiger partial charge in [0.15, 0.2) is 0 Å². The molecule has 2 aromatic rings. The molecule has 1 saturated carbocycles. The SMILES string of the molecule is C[C@@H](C(=O)N1CC2(CCCC2)c2c(F)cccc21)n1cncn1. The number of hydrogen-bond donors (Lipinski definition) is 0. The van der Waals surface area contributed by atoms with Crippen molar-refractivity contribution >= 4 is 11.6 Å². The summed E-state index contributed by atoms with van der Waals surface area (Å²) in [5, 5.41) is 4.06. The average molecular weight is 314 g/mol. The number of carbonyl (C=O) groups is 1. The number of aromatic nitrogens is 3. The van der Waals surface area contributed by atoms with Crippen LogP contribution in [0.2, 0.25) is 0 Å². The minimum absolute atomic E-state index is 0.0638. The number of anilines is 1. The van der Waals surface area contributed by atoms with Crippen molar-refractivity contribution in [2.45, 2.75) is 44.1 Å². The zero-order chi connectivity index (χ0) is 16.0. The average Bonchev–Trinajstić information content (AvgIpc) is 3.28. The second-order valence-corrected chi connectivity index (χ2v) is 6.60. The van der Waals surface area contributed by atoms with Crippen molar-refractivity contribution in [3.05, 3.63) is 42.2 Å². The maximum Gasteiger partial charge on any atom is 0.251 e. The van der Waals surface area contributed by atoms with Crippen LogP contribution in [0.4, 0.5) is 10.1 Å². The normalized spacial score (nSPS) is 20.0.